The van der Waals surface area contributed by atoms with Crippen molar-refractivity contribution in [3.63, 3.8) is 0 Å². The number of carboxylic acid groups (broad SMARTS) is 1. The van der Waals surface area contributed by atoms with Gasteiger partial charge in [-0.15, -0.1) is 12.4 Å². The van der Waals surface area contributed by atoms with E-state index in [1.807, 2.05) is 48.2 Å². The minimum absolute atomic E-state index is 0. The zero-order valence-electron chi connectivity index (χ0n) is 23.7. The first kappa shape index (κ1) is 33.1. The van der Waals surface area contributed by atoms with E-state index in [9.17, 15) is 9.90 Å². The Bertz CT molecular complexity index is 1240. The minimum atomic E-state index is -0.956. The van der Waals surface area contributed by atoms with E-state index in [1.54, 1.807) is 45.6 Å². The highest BCUT2D eigenvalue weighted by molar-refractivity contribution is 6.30. The first-order chi connectivity index (χ1) is 18.8. The van der Waals surface area contributed by atoms with Crippen LogP contribution in [0, 0.1) is 0 Å². The zero-order valence-corrected chi connectivity index (χ0v) is 25.3. The van der Waals surface area contributed by atoms with Gasteiger partial charge in [0.15, 0.2) is 23.0 Å². The van der Waals surface area contributed by atoms with Gasteiger partial charge in [-0.25, -0.2) is 0 Å². The number of nitrogens with zero attached hydrogens (tertiary/aromatic N) is 1. The number of carboxylic acids is 1. The summed E-state index contributed by atoms with van der Waals surface area (Å²) in [6, 6.07) is 17.4. The minimum Gasteiger partial charge on any atom is -0.493 e. The van der Waals surface area contributed by atoms with Crippen LogP contribution in [-0.4, -0.2) is 50.0 Å². The van der Waals surface area contributed by atoms with Crippen molar-refractivity contribution in [2.75, 3.05) is 27.9 Å². The second-order valence-electron chi connectivity index (χ2n) is 9.40. The lowest BCUT2D eigenvalue weighted by Gasteiger charge is -2.35. The predicted octanol–water partition coefficient (Wildman–Crippen LogP) is 7.23. The van der Waals surface area contributed by atoms with Crippen LogP contribution in [0.15, 0.2) is 60.7 Å². The quantitative estimate of drug-likeness (QED) is 0.187. The molecule has 9 heteroatoms. The first-order valence-corrected chi connectivity index (χ1v) is 13.4. The number of methoxy groups -OCH3 is 3. The second kappa shape index (κ2) is 16.2. The third-order valence-corrected chi connectivity index (χ3v) is 6.86. The van der Waals surface area contributed by atoms with Gasteiger partial charge < -0.3 is 24.1 Å². The fourth-order valence-electron chi connectivity index (χ4n) is 4.59. The van der Waals surface area contributed by atoms with E-state index in [0.29, 0.717) is 53.2 Å². The fourth-order valence-corrected chi connectivity index (χ4v) is 4.79. The van der Waals surface area contributed by atoms with Crippen LogP contribution in [-0.2, 0) is 17.8 Å². The maximum Gasteiger partial charge on any atom is 0.325 e. The van der Waals surface area contributed by atoms with Crippen LogP contribution in [0.4, 0.5) is 0 Å². The van der Waals surface area contributed by atoms with Crippen LogP contribution in [0.2, 0.25) is 5.02 Å². The van der Waals surface area contributed by atoms with Crippen LogP contribution >= 0.6 is 24.0 Å². The summed E-state index contributed by atoms with van der Waals surface area (Å²) in [5.41, 5.74) is 2.51. The lowest BCUT2D eigenvalue weighted by Crippen LogP contribution is -2.41. The van der Waals surface area contributed by atoms with Gasteiger partial charge in [-0.1, -0.05) is 49.2 Å². The summed E-state index contributed by atoms with van der Waals surface area (Å²) in [5, 5.41) is 10.9. The number of hydrogen-bond donors (Lipinski definition) is 1. The Labute approximate surface area is 248 Å². The molecular weight excluding hydrogens is 553 g/mol. The molecule has 218 valence electrons. The summed E-state index contributed by atoms with van der Waals surface area (Å²) < 4.78 is 22.4. The van der Waals surface area contributed by atoms with Gasteiger partial charge in [0.1, 0.15) is 6.04 Å². The van der Waals surface area contributed by atoms with Crippen molar-refractivity contribution in [2.24, 2.45) is 0 Å². The SMILES string of the molecule is CCCCOc1ccc(CN(C(C(=O)O)c2cccc(Cl)c2)[C@H](C)Cc2ccc(OC)c(OC)c2)cc1OC.Cl. The van der Waals surface area contributed by atoms with Crippen LogP contribution in [0.25, 0.3) is 0 Å². The summed E-state index contributed by atoms with van der Waals surface area (Å²) >= 11 is 6.27. The summed E-state index contributed by atoms with van der Waals surface area (Å²) in [4.78, 5) is 14.7. The van der Waals surface area contributed by atoms with Crippen molar-refractivity contribution in [3.8, 4) is 23.0 Å². The van der Waals surface area contributed by atoms with Crippen LogP contribution in [0.5, 0.6) is 23.0 Å². The van der Waals surface area contributed by atoms with E-state index in [-0.39, 0.29) is 18.4 Å². The average Bonchev–Trinajstić information content (AvgIpc) is 2.93. The topological polar surface area (TPSA) is 77.5 Å². The van der Waals surface area contributed by atoms with E-state index in [2.05, 4.69) is 6.92 Å². The molecule has 0 spiro atoms. The number of halogens is 2. The number of benzene rings is 3. The molecule has 0 amide bonds. The molecule has 0 heterocycles. The van der Waals surface area contributed by atoms with E-state index in [4.69, 9.17) is 30.5 Å². The Balaban J connectivity index is 0.00000560. The van der Waals surface area contributed by atoms with Gasteiger partial charge in [0.2, 0.25) is 0 Å². The third kappa shape index (κ3) is 8.68. The highest BCUT2D eigenvalue weighted by atomic mass is 35.5. The number of ether oxygens (including phenoxy) is 4. The number of aliphatic carboxylic acids is 1. The zero-order chi connectivity index (χ0) is 28.4. The van der Waals surface area contributed by atoms with Crippen LogP contribution in [0.3, 0.4) is 0 Å². The molecule has 0 aliphatic rings. The number of hydrogen-bond acceptors (Lipinski definition) is 6. The lowest BCUT2D eigenvalue weighted by molar-refractivity contribution is -0.145. The molecule has 3 rings (SSSR count). The molecule has 0 aromatic heterocycles. The molecule has 0 bridgehead atoms. The molecule has 7 nitrogen and oxygen atoms in total. The highest BCUT2D eigenvalue weighted by Gasteiger charge is 2.32. The van der Waals surface area contributed by atoms with Crippen molar-refractivity contribution in [3.05, 3.63) is 82.4 Å². The maximum absolute atomic E-state index is 12.7. The Morgan fingerprint density at radius 1 is 0.900 bits per heavy atom. The van der Waals surface area contributed by atoms with Crippen molar-refractivity contribution >= 4 is 30.0 Å². The van der Waals surface area contributed by atoms with Crippen molar-refractivity contribution in [2.45, 2.75) is 51.7 Å². The van der Waals surface area contributed by atoms with Gasteiger partial charge in [0, 0.05) is 17.6 Å². The molecule has 1 N–H and O–H groups in total. The molecule has 0 saturated carbocycles. The lowest BCUT2D eigenvalue weighted by atomic mass is 9.98. The molecule has 3 aromatic rings. The Kier molecular flexibility index (Phi) is 13.4. The van der Waals surface area contributed by atoms with E-state index in [0.717, 1.165) is 24.0 Å². The monoisotopic (exact) mass is 591 g/mol. The average molecular weight is 593 g/mol. The van der Waals surface area contributed by atoms with Gasteiger partial charge in [-0.3, -0.25) is 9.69 Å². The maximum atomic E-state index is 12.7. The molecule has 3 aromatic carbocycles. The first-order valence-electron chi connectivity index (χ1n) is 13.1. The van der Waals surface area contributed by atoms with Gasteiger partial charge in [-0.05, 0) is 72.9 Å². The third-order valence-electron chi connectivity index (χ3n) is 6.62. The molecule has 0 radical (unpaired) electrons. The van der Waals surface area contributed by atoms with E-state index < -0.39 is 12.0 Å². The van der Waals surface area contributed by atoms with Gasteiger partial charge >= 0.3 is 5.97 Å². The molecule has 1 unspecified atom stereocenters. The van der Waals surface area contributed by atoms with E-state index in [1.165, 1.54) is 0 Å². The van der Waals surface area contributed by atoms with Gasteiger partial charge in [-0.2, -0.15) is 0 Å². The summed E-state index contributed by atoms with van der Waals surface area (Å²) in [6.07, 6.45) is 2.57. The molecule has 0 aliphatic carbocycles. The normalized spacial score (nSPS) is 12.3. The molecule has 0 aliphatic heterocycles. The summed E-state index contributed by atoms with van der Waals surface area (Å²) in [7, 11) is 4.80. The molecule has 2 atom stereocenters. The largest absolute Gasteiger partial charge is 0.493 e. The molecular formula is C31H39Cl2NO6. The highest BCUT2D eigenvalue weighted by Crippen LogP contribution is 2.34. The molecule has 0 saturated heterocycles. The van der Waals surface area contributed by atoms with Crippen molar-refractivity contribution in [1.82, 2.24) is 4.90 Å². The Hall–Kier alpha value is -3.13. The van der Waals surface area contributed by atoms with Gasteiger partial charge in [0.05, 0.1) is 27.9 Å². The summed E-state index contributed by atoms with van der Waals surface area (Å²) in [5.74, 6) is 1.60. The van der Waals surface area contributed by atoms with E-state index >= 15 is 0 Å². The van der Waals surface area contributed by atoms with Crippen molar-refractivity contribution in [1.29, 1.82) is 0 Å². The summed E-state index contributed by atoms with van der Waals surface area (Å²) in [6.45, 7) is 5.11. The fraction of sp³-hybridized carbons (Fsp3) is 0.387. The van der Waals surface area contributed by atoms with Gasteiger partial charge in [0.25, 0.3) is 0 Å². The Morgan fingerprint density at radius 2 is 1.52 bits per heavy atom. The second-order valence-corrected chi connectivity index (χ2v) is 9.83. The number of carbonyl (C=O) groups is 1. The van der Waals surface area contributed by atoms with Crippen LogP contribution in [0.1, 0.15) is 49.4 Å². The number of rotatable bonds is 15. The number of unbranched alkanes of at least 4 members (excludes halogenated alkanes) is 1. The smallest absolute Gasteiger partial charge is 0.325 e. The molecule has 0 fully saturated rings. The molecule has 40 heavy (non-hydrogen) atoms. The standard InChI is InChI=1S/C31H38ClNO6.ClH/c1-6-7-15-39-27-14-12-23(18-29(27)38-5)20-33(30(31(34)35)24-9-8-10-25(32)19-24)21(2)16-22-11-13-26(36-3)28(17-22)37-4;/h8-14,17-19,21,30H,6-7,15-16,20H2,1-5H3,(H,34,35);1H/t21-,30?;/m1./s1. The van der Waals surface area contributed by atoms with Crippen LogP contribution < -0.4 is 18.9 Å². The predicted molar refractivity (Wildman–Crippen MR) is 161 cm³/mol. The van der Waals surface area contributed by atoms with Crippen molar-refractivity contribution < 1.29 is 28.8 Å². The Morgan fingerprint density at radius 3 is 2.15 bits per heavy atom.